The van der Waals surface area contributed by atoms with E-state index >= 15 is 0 Å². The Labute approximate surface area is 85.5 Å². The number of aromatic nitrogens is 2. The zero-order valence-corrected chi connectivity index (χ0v) is 9.31. The van der Waals surface area contributed by atoms with Crippen LogP contribution >= 0.6 is 0 Å². The van der Waals surface area contributed by atoms with E-state index in [1.807, 2.05) is 18.7 Å². The average molecular weight is 191 g/mol. The van der Waals surface area contributed by atoms with Crippen LogP contribution in [0.4, 0.5) is 0 Å². The van der Waals surface area contributed by atoms with Crippen molar-refractivity contribution in [3.05, 3.63) is 17.0 Å². The molecule has 0 fully saturated rings. The van der Waals surface area contributed by atoms with Crippen molar-refractivity contribution < 1.29 is 0 Å². The second-order valence-corrected chi connectivity index (χ2v) is 3.19. The van der Waals surface area contributed by atoms with Crippen molar-refractivity contribution in [3.8, 4) is 11.8 Å². The van der Waals surface area contributed by atoms with E-state index in [2.05, 4.69) is 36.1 Å². The van der Waals surface area contributed by atoms with Gasteiger partial charge in [-0.2, -0.15) is 5.10 Å². The molecule has 0 atom stereocenters. The molecule has 1 aromatic rings. The van der Waals surface area contributed by atoms with Gasteiger partial charge in [0.1, 0.15) is 0 Å². The third-order valence-electron chi connectivity index (χ3n) is 2.16. The molecule has 76 valence electrons. The largest absolute Gasteiger partial charge is 0.309 e. The summed E-state index contributed by atoms with van der Waals surface area (Å²) in [5.41, 5.74) is 3.25. The molecule has 3 nitrogen and oxygen atoms in total. The van der Waals surface area contributed by atoms with E-state index < -0.39 is 0 Å². The molecular formula is C11H17N3. The van der Waals surface area contributed by atoms with Gasteiger partial charge in [-0.25, -0.2) is 0 Å². The summed E-state index contributed by atoms with van der Waals surface area (Å²) in [5.74, 6) is 6.20. The van der Waals surface area contributed by atoms with Crippen molar-refractivity contribution in [2.75, 3.05) is 13.6 Å². The number of hydrogen-bond acceptors (Lipinski definition) is 2. The first-order chi connectivity index (χ1) is 6.70. The van der Waals surface area contributed by atoms with Crippen LogP contribution in [0.1, 0.15) is 23.9 Å². The molecule has 0 amide bonds. The molecule has 0 aromatic carbocycles. The fourth-order valence-corrected chi connectivity index (χ4v) is 1.41. The highest BCUT2D eigenvalue weighted by molar-refractivity contribution is 5.41. The summed E-state index contributed by atoms with van der Waals surface area (Å²) < 4.78 is 1.98. The predicted octanol–water partition coefficient (Wildman–Crippen LogP) is 1.09. The standard InChI is InChI=1S/C11H17N3/c1-5-14-10(3)11(9(2)13-14)7-6-8-12-4/h12H,5,8H2,1-4H3. The maximum atomic E-state index is 4.40. The summed E-state index contributed by atoms with van der Waals surface area (Å²) in [7, 11) is 1.89. The second kappa shape index (κ2) is 4.83. The Kier molecular flexibility index (Phi) is 3.73. The van der Waals surface area contributed by atoms with E-state index in [0.29, 0.717) is 0 Å². The number of nitrogens with zero attached hydrogens (tertiary/aromatic N) is 2. The van der Waals surface area contributed by atoms with Crippen molar-refractivity contribution in [2.24, 2.45) is 0 Å². The van der Waals surface area contributed by atoms with Crippen molar-refractivity contribution in [1.82, 2.24) is 15.1 Å². The van der Waals surface area contributed by atoms with Gasteiger partial charge in [-0.1, -0.05) is 11.8 Å². The average Bonchev–Trinajstić information content (AvgIpc) is 2.45. The predicted molar refractivity (Wildman–Crippen MR) is 58.2 cm³/mol. The molecule has 1 heterocycles. The Morgan fingerprint density at radius 1 is 1.43 bits per heavy atom. The van der Waals surface area contributed by atoms with Crippen molar-refractivity contribution in [2.45, 2.75) is 27.3 Å². The normalized spacial score (nSPS) is 9.71. The maximum Gasteiger partial charge on any atom is 0.0753 e. The smallest absolute Gasteiger partial charge is 0.0753 e. The molecular weight excluding hydrogens is 174 g/mol. The van der Waals surface area contributed by atoms with Gasteiger partial charge < -0.3 is 5.32 Å². The molecule has 0 unspecified atom stereocenters. The van der Waals surface area contributed by atoms with Gasteiger partial charge in [0.2, 0.25) is 0 Å². The highest BCUT2D eigenvalue weighted by Gasteiger charge is 2.06. The van der Waals surface area contributed by atoms with Crippen molar-refractivity contribution in [3.63, 3.8) is 0 Å². The first-order valence-corrected chi connectivity index (χ1v) is 4.88. The topological polar surface area (TPSA) is 29.9 Å². The van der Waals surface area contributed by atoms with Crippen molar-refractivity contribution >= 4 is 0 Å². The zero-order chi connectivity index (χ0) is 10.6. The lowest BCUT2D eigenvalue weighted by Gasteiger charge is -1.96. The molecule has 0 aliphatic carbocycles. The van der Waals surface area contributed by atoms with Crippen LogP contribution in [-0.4, -0.2) is 23.4 Å². The lowest BCUT2D eigenvalue weighted by atomic mass is 10.2. The molecule has 0 radical (unpaired) electrons. The molecule has 3 heteroatoms. The summed E-state index contributed by atoms with van der Waals surface area (Å²) in [5, 5.41) is 7.40. The summed E-state index contributed by atoms with van der Waals surface area (Å²) in [6, 6.07) is 0. The quantitative estimate of drug-likeness (QED) is 0.709. The summed E-state index contributed by atoms with van der Waals surface area (Å²) >= 11 is 0. The van der Waals surface area contributed by atoms with Gasteiger partial charge in [0.25, 0.3) is 0 Å². The van der Waals surface area contributed by atoms with E-state index in [4.69, 9.17) is 0 Å². The molecule has 1 N–H and O–H groups in total. The number of aryl methyl sites for hydroxylation is 2. The van der Waals surface area contributed by atoms with Crippen LogP contribution in [0.2, 0.25) is 0 Å². The lowest BCUT2D eigenvalue weighted by Crippen LogP contribution is -2.04. The first-order valence-electron chi connectivity index (χ1n) is 4.88. The molecule has 0 spiro atoms. The van der Waals surface area contributed by atoms with Crippen LogP contribution in [0.15, 0.2) is 0 Å². The number of rotatable bonds is 2. The second-order valence-electron chi connectivity index (χ2n) is 3.19. The van der Waals surface area contributed by atoms with Gasteiger partial charge in [-0.3, -0.25) is 4.68 Å². The van der Waals surface area contributed by atoms with Crippen molar-refractivity contribution in [1.29, 1.82) is 0 Å². The van der Waals surface area contributed by atoms with Gasteiger partial charge in [0, 0.05) is 6.54 Å². The Balaban J connectivity index is 2.98. The maximum absolute atomic E-state index is 4.40. The Hall–Kier alpha value is -1.27. The molecule has 14 heavy (non-hydrogen) atoms. The van der Waals surface area contributed by atoms with Gasteiger partial charge >= 0.3 is 0 Å². The molecule has 0 aliphatic rings. The molecule has 0 saturated heterocycles. The highest BCUT2D eigenvalue weighted by Crippen LogP contribution is 2.10. The first kappa shape index (κ1) is 10.8. The van der Waals surface area contributed by atoms with Crippen LogP contribution in [0.25, 0.3) is 0 Å². The van der Waals surface area contributed by atoms with E-state index in [1.165, 1.54) is 0 Å². The highest BCUT2D eigenvalue weighted by atomic mass is 15.3. The van der Waals surface area contributed by atoms with E-state index in [-0.39, 0.29) is 0 Å². The molecule has 0 saturated carbocycles. The zero-order valence-electron chi connectivity index (χ0n) is 9.31. The monoisotopic (exact) mass is 191 g/mol. The minimum absolute atomic E-state index is 0.718. The summed E-state index contributed by atoms with van der Waals surface area (Å²) in [4.78, 5) is 0. The number of nitrogens with one attached hydrogen (secondary N) is 1. The molecule has 1 rings (SSSR count). The Bertz CT molecular complexity index is 366. The van der Waals surface area contributed by atoms with E-state index in [1.54, 1.807) is 0 Å². The summed E-state index contributed by atoms with van der Waals surface area (Å²) in [6.45, 7) is 7.77. The van der Waals surface area contributed by atoms with Crippen LogP contribution < -0.4 is 5.32 Å². The van der Waals surface area contributed by atoms with Gasteiger partial charge in [0.05, 0.1) is 23.5 Å². The minimum atomic E-state index is 0.718. The lowest BCUT2D eigenvalue weighted by molar-refractivity contribution is 0.634. The Morgan fingerprint density at radius 2 is 2.14 bits per heavy atom. The molecule has 0 bridgehead atoms. The summed E-state index contributed by atoms with van der Waals surface area (Å²) in [6.07, 6.45) is 0. The van der Waals surface area contributed by atoms with Gasteiger partial charge in [-0.15, -0.1) is 0 Å². The third-order valence-corrected chi connectivity index (χ3v) is 2.16. The van der Waals surface area contributed by atoms with Crippen LogP contribution in [0, 0.1) is 25.7 Å². The van der Waals surface area contributed by atoms with Crippen LogP contribution in [-0.2, 0) is 6.54 Å². The fourth-order valence-electron chi connectivity index (χ4n) is 1.41. The Morgan fingerprint density at radius 3 is 2.64 bits per heavy atom. The number of hydrogen-bond donors (Lipinski definition) is 1. The minimum Gasteiger partial charge on any atom is -0.309 e. The van der Waals surface area contributed by atoms with Gasteiger partial charge in [-0.05, 0) is 27.8 Å². The van der Waals surface area contributed by atoms with Gasteiger partial charge in [0.15, 0.2) is 0 Å². The third kappa shape index (κ3) is 2.15. The fraction of sp³-hybridized carbons (Fsp3) is 0.545. The van der Waals surface area contributed by atoms with Crippen LogP contribution in [0.5, 0.6) is 0 Å². The molecule has 0 aliphatic heterocycles. The van der Waals surface area contributed by atoms with E-state index in [9.17, 15) is 0 Å². The van der Waals surface area contributed by atoms with Crippen LogP contribution in [0.3, 0.4) is 0 Å². The van der Waals surface area contributed by atoms with E-state index in [0.717, 1.165) is 30.0 Å². The molecule has 1 aromatic heterocycles. The SMILES string of the molecule is CCn1nc(C)c(C#CCNC)c1C.